The van der Waals surface area contributed by atoms with Crippen LogP contribution in [0.5, 0.6) is 0 Å². The number of amides is 2. The molecule has 1 aliphatic carbocycles. The van der Waals surface area contributed by atoms with Crippen LogP contribution in [0.25, 0.3) is 10.8 Å². The van der Waals surface area contributed by atoms with Gasteiger partial charge < -0.3 is 25.9 Å². The number of fused-ring (bicyclic) bond motifs is 1. The Morgan fingerprint density at radius 2 is 1.79 bits per heavy atom. The molecule has 2 fully saturated rings. The zero-order valence-electron chi connectivity index (χ0n) is 18.7. The minimum atomic E-state index is -1.11. The Morgan fingerprint density at radius 3 is 2.52 bits per heavy atom. The molecule has 2 aliphatic rings. The number of carbonyl (C=O) groups is 3. The van der Waals surface area contributed by atoms with Crippen molar-refractivity contribution in [3.05, 3.63) is 36.0 Å². The molecule has 1 aromatic carbocycles. The van der Waals surface area contributed by atoms with E-state index in [4.69, 9.17) is 5.73 Å². The first kappa shape index (κ1) is 23.0. The standard InChI is InChI=1S/C24H31N5O4/c25-22-20-13-16(5-6-17(20)7-8-26-22)14-27-23(32)18-3-1-2-4-19(18)24(33)29-11-9-28(10-12-29)15-21(30)31/h5-8,13,18-19H,1-4,9-12,14-15H2,(H2,25,26)(H,27,32)(H,30,31)/p-1. The van der Waals surface area contributed by atoms with Gasteiger partial charge in [-0.05, 0) is 35.9 Å². The Kier molecular flexibility index (Phi) is 7.08. The summed E-state index contributed by atoms with van der Waals surface area (Å²) in [4.78, 5) is 44.8. The minimum Gasteiger partial charge on any atom is -0.549 e. The first-order chi connectivity index (χ1) is 15.9. The normalized spacial score (nSPS) is 21.6. The second-order valence-electron chi connectivity index (χ2n) is 8.94. The summed E-state index contributed by atoms with van der Waals surface area (Å²) in [6.07, 6.45) is 4.93. The van der Waals surface area contributed by atoms with Crippen molar-refractivity contribution < 1.29 is 19.5 Å². The highest BCUT2D eigenvalue weighted by Gasteiger charge is 2.38. The molecule has 1 aromatic heterocycles. The lowest BCUT2D eigenvalue weighted by Crippen LogP contribution is -2.54. The average Bonchev–Trinajstić information content (AvgIpc) is 2.82. The van der Waals surface area contributed by atoms with Gasteiger partial charge in [-0.25, -0.2) is 4.98 Å². The topological polar surface area (TPSA) is 132 Å². The van der Waals surface area contributed by atoms with Crippen molar-refractivity contribution in [2.45, 2.75) is 32.2 Å². The molecule has 1 saturated heterocycles. The smallest absolute Gasteiger partial charge is 0.226 e. The molecule has 1 saturated carbocycles. The van der Waals surface area contributed by atoms with E-state index in [2.05, 4.69) is 10.3 Å². The maximum atomic E-state index is 13.2. The highest BCUT2D eigenvalue weighted by molar-refractivity contribution is 5.91. The zero-order chi connectivity index (χ0) is 23.4. The van der Waals surface area contributed by atoms with Crippen LogP contribution >= 0.6 is 0 Å². The van der Waals surface area contributed by atoms with Gasteiger partial charge in [0.25, 0.3) is 0 Å². The minimum absolute atomic E-state index is 0.00695. The van der Waals surface area contributed by atoms with E-state index >= 15 is 0 Å². The molecule has 0 spiro atoms. The summed E-state index contributed by atoms with van der Waals surface area (Å²) in [5.74, 6) is -1.42. The Hall–Kier alpha value is -3.20. The number of aromatic nitrogens is 1. The Balaban J connectivity index is 1.37. The number of carbonyl (C=O) groups excluding carboxylic acids is 3. The van der Waals surface area contributed by atoms with Crippen LogP contribution in [-0.2, 0) is 20.9 Å². The van der Waals surface area contributed by atoms with Crippen molar-refractivity contribution in [1.82, 2.24) is 20.1 Å². The predicted molar refractivity (Wildman–Crippen MR) is 121 cm³/mol. The molecule has 1 aliphatic heterocycles. The van der Waals surface area contributed by atoms with Crippen molar-refractivity contribution in [2.24, 2.45) is 11.8 Å². The number of hydrogen-bond donors (Lipinski definition) is 2. The van der Waals surface area contributed by atoms with Gasteiger partial charge in [0.1, 0.15) is 5.82 Å². The van der Waals surface area contributed by atoms with Crippen LogP contribution < -0.4 is 16.2 Å². The van der Waals surface area contributed by atoms with Crippen molar-refractivity contribution in [1.29, 1.82) is 0 Å². The number of aliphatic carboxylic acids is 1. The van der Waals surface area contributed by atoms with Gasteiger partial charge in [-0.15, -0.1) is 0 Å². The monoisotopic (exact) mass is 452 g/mol. The number of nitrogens with two attached hydrogens (primary N) is 1. The second-order valence-corrected chi connectivity index (χ2v) is 8.94. The van der Waals surface area contributed by atoms with Crippen LogP contribution in [-0.4, -0.2) is 65.3 Å². The van der Waals surface area contributed by atoms with Crippen molar-refractivity contribution in [3.8, 4) is 0 Å². The van der Waals surface area contributed by atoms with Crippen molar-refractivity contribution in [2.75, 3.05) is 38.5 Å². The number of anilines is 1. The van der Waals surface area contributed by atoms with Gasteiger partial charge in [0.15, 0.2) is 0 Å². The van der Waals surface area contributed by atoms with E-state index in [1.165, 1.54) is 0 Å². The molecule has 2 amide bonds. The molecule has 2 heterocycles. The number of carboxylic acids is 1. The molecule has 2 atom stereocenters. The first-order valence-corrected chi connectivity index (χ1v) is 11.5. The van der Waals surface area contributed by atoms with Crippen LogP contribution in [0, 0.1) is 11.8 Å². The molecule has 4 rings (SSSR count). The zero-order valence-corrected chi connectivity index (χ0v) is 18.7. The maximum Gasteiger partial charge on any atom is 0.226 e. The molecular formula is C24H30N5O4-. The molecule has 2 unspecified atom stereocenters. The van der Waals surface area contributed by atoms with Gasteiger partial charge in [0.2, 0.25) is 11.8 Å². The lowest BCUT2D eigenvalue weighted by molar-refractivity contribution is -0.306. The van der Waals surface area contributed by atoms with Gasteiger partial charge in [-0.2, -0.15) is 0 Å². The molecular weight excluding hydrogens is 422 g/mol. The SMILES string of the molecule is Nc1nccc2ccc(CNC(=O)C3CCCCC3C(=O)N3CCN(CC(=O)[O-])CC3)cc12. The lowest BCUT2D eigenvalue weighted by Gasteiger charge is -2.39. The van der Waals surface area contributed by atoms with E-state index in [9.17, 15) is 19.5 Å². The van der Waals surface area contributed by atoms with E-state index < -0.39 is 5.97 Å². The van der Waals surface area contributed by atoms with Crippen LogP contribution in [0.3, 0.4) is 0 Å². The van der Waals surface area contributed by atoms with E-state index in [1.807, 2.05) is 24.3 Å². The highest BCUT2D eigenvalue weighted by Crippen LogP contribution is 2.32. The average molecular weight is 453 g/mol. The molecule has 0 radical (unpaired) electrons. The fourth-order valence-electron chi connectivity index (χ4n) is 4.95. The number of piperazine rings is 1. The fourth-order valence-corrected chi connectivity index (χ4v) is 4.95. The quantitative estimate of drug-likeness (QED) is 0.637. The third kappa shape index (κ3) is 5.42. The summed E-state index contributed by atoms with van der Waals surface area (Å²) >= 11 is 0. The number of nitrogens with one attached hydrogen (secondary N) is 1. The van der Waals surface area contributed by atoms with Crippen LogP contribution in [0.15, 0.2) is 30.5 Å². The number of carboxylic acid groups (broad SMARTS) is 1. The summed E-state index contributed by atoms with van der Waals surface area (Å²) in [7, 11) is 0. The third-order valence-electron chi connectivity index (χ3n) is 6.78. The Morgan fingerprint density at radius 1 is 1.06 bits per heavy atom. The van der Waals surface area contributed by atoms with Gasteiger partial charge in [-0.1, -0.05) is 25.0 Å². The van der Waals surface area contributed by atoms with E-state index in [0.29, 0.717) is 51.4 Å². The van der Waals surface area contributed by atoms with Gasteiger partial charge in [0, 0.05) is 62.7 Å². The molecule has 0 bridgehead atoms. The number of hydrogen-bond acceptors (Lipinski definition) is 7. The molecule has 9 heteroatoms. The third-order valence-corrected chi connectivity index (χ3v) is 6.78. The van der Waals surface area contributed by atoms with Crippen LogP contribution in [0.2, 0.25) is 0 Å². The number of nitrogens with zero attached hydrogens (tertiary/aromatic N) is 3. The second kappa shape index (κ2) is 10.2. The fraction of sp³-hybridized carbons (Fsp3) is 0.500. The van der Waals surface area contributed by atoms with Crippen molar-refractivity contribution in [3.63, 3.8) is 0 Å². The first-order valence-electron chi connectivity index (χ1n) is 11.5. The van der Waals surface area contributed by atoms with Gasteiger partial charge >= 0.3 is 0 Å². The van der Waals surface area contributed by atoms with Gasteiger partial charge in [-0.3, -0.25) is 14.5 Å². The summed E-state index contributed by atoms with van der Waals surface area (Å²) in [5, 5.41) is 15.7. The molecule has 176 valence electrons. The summed E-state index contributed by atoms with van der Waals surface area (Å²) in [6, 6.07) is 7.75. The van der Waals surface area contributed by atoms with Crippen LogP contribution in [0.4, 0.5) is 5.82 Å². The predicted octanol–water partition coefficient (Wildman–Crippen LogP) is 0.134. The van der Waals surface area contributed by atoms with Crippen molar-refractivity contribution >= 4 is 34.4 Å². The number of pyridine rings is 1. The Bertz CT molecular complexity index is 1030. The molecule has 3 N–H and O–H groups in total. The van der Waals surface area contributed by atoms with E-state index in [1.54, 1.807) is 16.0 Å². The molecule has 2 aromatic rings. The summed E-state index contributed by atoms with van der Waals surface area (Å²) in [6.45, 7) is 2.20. The number of rotatable bonds is 6. The lowest BCUT2D eigenvalue weighted by atomic mass is 9.77. The largest absolute Gasteiger partial charge is 0.549 e. The molecule has 9 nitrogen and oxygen atoms in total. The van der Waals surface area contributed by atoms with Crippen LogP contribution in [0.1, 0.15) is 31.2 Å². The molecule has 33 heavy (non-hydrogen) atoms. The maximum absolute atomic E-state index is 13.2. The summed E-state index contributed by atoms with van der Waals surface area (Å²) < 4.78 is 0. The van der Waals surface area contributed by atoms with E-state index in [-0.39, 0.29) is 30.2 Å². The number of benzene rings is 1. The highest BCUT2D eigenvalue weighted by atomic mass is 16.4. The number of nitrogen functional groups attached to an aromatic ring is 1. The van der Waals surface area contributed by atoms with Gasteiger partial charge in [0.05, 0.1) is 5.97 Å². The summed E-state index contributed by atoms with van der Waals surface area (Å²) in [5.41, 5.74) is 6.91. The van der Waals surface area contributed by atoms with E-state index in [0.717, 1.165) is 29.2 Å². The Labute approximate surface area is 192 Å².